The van der Waals surface area contributed by atoms with E-state index >= 15 is 0 Å². The summed E-state index contributed by atoms with van der Waals surface area (Å²) in [5.74, 6) is 1.26. The van der Waals surface area contributed by atoms with Crippen LogP contribution in [0.3, 0.4) is 0 Å². The highest BCUT2D eigenvalue weighted by molar-refractivity contribution is 6.39. The smallest absolute Gasteiger partial charge is 0.183 e. The molecular weight excluding hydrogens is 347 g/mol. The van der Waals surface area contributed by atoms with Gasteiger partial charge in [-0.1, -0.05) is 35.3 Å². The van der Waals surface area contributed by atoms with E-state index in [4.69, 9.17) is 27.9 Å². The van der Waals surface area contributed by atoms with Crippen molar-refractivity contribution in [2.75, 3.05) is 7.11 Å². The van der Waals surface area contributed by atoms with Gasteiger partial charge in [0.25, 0.3) is 0 Å². The lowest BCUT2D eigenvalue weighted by Crippen LogP contribution is -1.99. The molecule has 120 valence electrons. The molecule has 2 aromatic carbocycles. The van der Waals surface area contributed by atoms with Crippen molar-refractivity contribution >= 4 is 39.9 Å². The molecule has 0 N–H and O–H groups in total. The van der Waals surface area contributed by atoms with Gasteiger partial charge in [-0.05, 0) is 31.2 Å². The van der Waals surface area contributed by atoms with E-state index in [-0.39, 0.29) is 0 Å². The molecule has 24 heavy (non-hydrogen) atoms. The maximum Gasteiger partial charge on any atom is 0.183 e. The number of aryl methyl sites for hydroxylation is 1. The summed E-state index contributed by atoms with van der Waals surface area (Å²) in [4.78, 5) is 4.61. The first-order chi connectivity index (χ1) is 11.6. The minimum atomic E-state index is 0.516. The third kappa shape index (κ3) is 2.12. The fourth-order valence-electron chi connectivity index (χ4n) is 2.81. The molecule has 0 unspecified atom stereocenters. The third-order valence-electron chi connectivity index (χ3n) is 3.89. The van der Waals surface area contributed by atoms with E-state index < -0.39 is 0 Å². The number of nitrogens with zero attached hydrogens (tertiary/aromatic N) is 4. The monoisotopic (exact) mass is 358 g/mol. The second-order valence-corrected chi connectivity index (χ2v) is 6.12. The highest BCUT2D eigenvalue weighted by Gasteiger charge is 2.19. The fourth-order valence-corrected chi connectivity index (χ4v) is 3.37. The van der Waals surface area contributed by atoms with Crippen LogP contribution in [0.1, 0.15) is 5.69 Å². The van der Waals surface area contributed by atoms with Gasteiger partial charge < -0.3 is 4.74 Å². The Morgan fingerprint density at radius 1 is 1.00 bits per heavy atom. The summed E-state index contributed by atoms with van der Waals surface area (Å²) >= 11 is 12.7. The Kier molecular flexibility index (Phi) is 3.55. The van der Waals surface area contributed by atoms with Crippen molar-refractivity contribution in [3.8, 4) is 17.1 Å². The number of ether oxygens (including phenoxy) is 1. The van der Waals surface area contributed by atoms with E-state index in [9.17, 15) is 0 Å². The van der Waals surface area contributed by atoms with Crippen LogP contribution in [0.15, 0.2) is 36.4 Å². The number of halogens is 2. The number of benzene rings is 2. The Bertz CT molecular complexity index is 1070. The van der Waals surface area contributed by atoms with Crippen LogP contribution in [0.5, 0.6) is 5.75 Å². The quantitative estimate of drug-likeness (QED) is 0.526. The average Bonchev–Trinajstić information content (AvgIpc) is 3.00. The number of aromatic nitrogens is 4. The number of hydrogen-bond donors (Lipinski definition) is 0. The van der Waals surface area contributed by atoms with Gasteiger partial charge in [0.2, 0.25) is 0 Å². The summed E-state index contributed by atoms with van der Waals surface area (Å²) in [6.45, 7) is 1.88. The fraction of sp³-hybridized carbons (Fsp3) is 0.118. The Labute approximate surface area is 147 Å². The van der Waals surface area contributed by atoms with Crippen molar-refractivity contribution in [1.82, 2.24) is 19.6 Å². The topological polar surface area (TPSA) is 52.3 Å². The van der Waals surface area contributed by atoms with Crippen LogP contribution < -0.4 is 4.74 Å². The maximum absolute atomic E-state index is 6.36. The number of hydrogen-bond acceptors (Lipinski definition) is 4. The predicted molar refractivity (Wildman–Crippen MR) is 95.0 cm³/mol. The lowest BCUT2D eigenvalue weighted by atomic mass is 10.2. The predicted octanol–water partition coefficient (Wildman–Crippen LogP) is 4.57. The van der Waals surface area contributed by atoms with E-state index in [1.54, 1.807) is 25.3 Å². The summed E-state index contributed by atoms with van der Waals surface area (Å²) in [7, 11) is 1.62. The van der Waals surface area contributed by atoms with Gasteiger partial charge in [-0.2, -0.15) is 0 Å². The van der Waals surface area contributed by atoms with Crippen LogP contribution in [0.4, 0.5) is 0 Å². The number of para-hydroxylation sites is 1. The van der Waals surface area contributed by atoms with Crippen LogP contribution in [-0.4, -0.2) is 26.7 Å². The molecule has 0 radical (unpaired) electrons. The Morgan fingerprint density at radius 3 is 2.42 bits per heavy atom. The molecule has 5 nitrogen and oxygen atoms in total. The minimum Gasteiger partial charge on any atom is -0.494 e. The normalized spacial score (nSPS) is 11.3. The summed E-state index contributed by atoms with van der Waals surface area (Å²) < 4.78 is 7.34. The molecule has 0 saturated carbocycles. The highest BCUT2D eigenvalue weighted by Crippen LogP contribution is 2.35. The zero-order valence-corrected chi connectivity index (χ0v) is 14.4. The zero-order chi connectivity index (χ0) is 16.8. The minimum absolute atomic E-state index is 0.516. The van der Waals surface area contributed by atoms with Gasteiger partial charge in [-0.3, -0.25) is 4.40 Å². The van der Waals surface area contributed by atoms with Crippen molar-refractivity contribution in [1.29, 1.82) is 0 Å². The largest absolute Gasteiger partial charge is 0.494 e. The summed E-state index contributed by atoms with van der Waals surface area (Å²) in [5.41, 5.74) is 3.60. The molecule has 0 amide bonds. The maximum atomic E-state index is 6.36. The van der Waals surface area contributed by atoms with Gasteiger partial charge in [0, 0.05) is 0 Å². The van der Waals surface area contributed by atoms with Crippen LogP contribution in [0, 0.1) is 6.92 Å². The lowest BCUT2D eigenvalue weighted by Gasteiger charge is -2.10. The van der Waals surface area contributed by atoms with Gasteiger partial charge in [0.15, 0.2) is 11.5 Å². The van der Waals surface area contributed by atoms with Crippen molar-refractivity contribution in [2.24, 2.45) is 0 Å². The van der Waals surface area contributed by atoms with E-state index in [0.29, 0.717) is 32.8 Å². The van der Waals surface area contributed by atoms with Crippen molar-refractivity contribution < 1.29 is 4.74 Å². The number of fused-ring (bicyclic) bond motifs is 3. The molecule has 0 aliphatic carbocycles. The molecule has 0 fully saturated rings. The second kappa shape index (κ2) is 5.61. The van der Waals surface area contributed by atoms with Crippen LogP contribution in [0.2, 0.25) is 10.0 Å². The number of rotatable bonds is 2. The SMILES string of the molecule is COc1cccc2c1nc(C)c1nnc(-c3c(Cl)cccc3Cl)n12. The van der Waals surface area contributed by atoms with Crippen LogP contribution in [-0.2, 0) is 0 Å². The molecule has 4 aromatic rings. The summed E-state index contributed by atoms with van der Waals surface area (Å²) in [6.07, 6.45) is 0. The molecule has 0 aliphatic heterocycles. The zero-order valence-electron chi connectivity index (χ0n) is 12.9. The Hall–Kier alpha value is -2.37. The molecule has 2 aromatic heterocycles. The molecular formula is C17H12Cl2N4O. The van der Waals surface area contributed by atoms with Crippen molar-refractivity contribution in [3.63, 3.8) is 0 Å². The van der Waals surface area contributed by atoms with Crippen molar-refractivity contribution in [2.45, 2.75) is 6.92 Å². The molecule has 0 aliphatic rings. The molecule has 0 atom stereocenters. The highest BCUT2D eigenvalue weighted by atomic mass is 35.5. The first kappa shape index (κ1) is 15.2. The number of methoxy groups -OCH3 is 1. The molecule has 2 heterocycles. The molecule has 0 spiro atoms. The van der Waals surface area contributed by atoms with E-state index in [1.807, 2.05) is 29.5 Å². The first-order valence-electron chi connectivity index (χ1n) is 7.24. The van der Waals surface area contributed by atoms with Gasteiger partial charge >= 0.3 is 0 Å². The Morgan fingerprint density at radius 2 is 1.71 bits per heavy atom. The van der Waals surface area contributed by atoms with Gasteiger partial charge in [-0.15, -0.1) is 10.2 Å². The Balaban J connectivity index is 2.20. The summed E-state index contributed by atoms with van der Waals surface area (Å²) in [5, 5.41) is 9.62. The first-order valence-corrected chi connectivity index (χ1v) is 8.00. The van der Waals surface area contributed by atoms with Gasteiger partial charge in [-0.25, -0.2) is 4.98 Å². The van der Waals surface area contributed by atoms with E-state index in [1.165, 1.54) is 0 Å². The van der Waals surface area contributed by atoms with Gasteiger partial charge in [0.05, 0.1) is 33.9 Å². The standard InChI is InChI=1S/C17H12Cl2N4O/c1-9-16-21-22-17(14-10(18)5-3-6-11(14)19)23(16)12-7-4-8-13(24-2)15(12)20-9/h3-8H,1-2H3. The molecule has 0 saturated heterocycles. The third-order valence-corrected chi connectivity index (χ3v) is 4.52. The average molecular weight is 359 g/mol. The van der Waals surface area contributed by atoms with Crippen molar-refractivity contribution in [3.05, 3.63) is 52.1 Å². The molecule has 0 bridgehead atoms. The van der Waals surface area contributed by atoms with Crippen LogP contribution >= 0.6 is 23.2 Å². The molecule has 7 heteroatoms. The lowest BCUT2D eigenvalue weighted by molar-refractivity contribution is 0.418. The second-order valence-electron chi connectivity index (χ2n) is 5.30. The van der Waals surface area contributed by atoms with E-state index in [0.717, 1.165) is 16.7 Å². The van der Waals surface area contributed by atoms with Crippen LogP contribution in [0.25, 0.3) is 28.1 Å². The van der Waals surface area contributed by atoms with E-state index in [2.05, 4.69) is 15.2 Å². The van der Waals surface area contributed by atoms with Gasteiger partial charge in [0.1, 0.15) is 11.3 Å². The molecule has 4 rings (SSSR count). The summed E-state index contributed by atoms with van der Waals surface area (Å²) in [6, 6.07) is 11.1.